The van der Waals surface area contributed by atoms with Gasteiger partial charge >= 0.3 is 0 Å². The number of carbonyl (C=O) groups is 1. The summed E-state index contributed by atoms with van der Waals surface area (Å²) in [5.41, 5.74) is -0.366. The van der Waals surface area contributed by atoms with Gasteiger partial charge in [0.25, 0.3) is 15.9 Å². The normalized spacial score (nSPS) is 12.3. The highest BCUT2D eigenvalue weighted by atomic mass is 32.2. The van der Waals surface area contributed by atoms with Crippen LogP contribution in [0.5, 0.6) is 5.75 Å². The van der Waals surface area contributed by atoms with Gasteiger partial charge in [-0.3, -0.25) is 9.52 Å². The molecule has 25 heavy (non-hydrogen) atoms. The highest BCUT2D eigenvalue weighted by Crippen LogP contribution is 2.22. The molecular formula is C16H16F2N2O4S. The summed E-state index contributed by atoms with van der Waals surface area (Å²) in [6.07, 6.45) is -0.751. The summed E-state index contributed by atoms with van der Waals surface area (Å²) >= 11 is 0. The summed E-state index contributed by atoms with van der Waals surface area (Å²) in [5.74, 6) is -1.87. The molecule has 0 saturated heterocycles. The molecule has 6 nitrogen and oxygen atoms in total. The van der Waals surface area contributed by atoms with Crippen LogP contribution in [0, 0.1) is 11.6 Å². The number of ether oxygens (including phenoxy) is 1. The number of anilines is 1. The van der Waals surface area contributed by atoms with Crippen molar-refractivity contribution in [3.63, 3.8) is 0 Å². The van der Waals surface area contributed by atoms with Crippen molar-refractivity contribution in [2.24, 2.45) is 0 Å². The molecule has 1 amide bonds. The Hall–Kier alpha value is -2.68. The topological polar surface area (TPSA) is 84.5 Å². The van der Waals surface area contributed by atoms with Crippen LogP contribution in [-0.2, 0) is 14.8 Å². The predicted octanol–water partition coefficient (Wildman–Crippen LogP) is 2.28. The van der Waals surface area contributed by atoms with Gasteiger partial charge in [-0.05, 0) is 43.3 Å². The summed E-state index contributed by atoms with van der Waals surface area (Å²) in [4.78, 5) is 11.3. The first-order chi connectivity index (χ1) is 11.7. The SMILES string of the molecule is CNC(=O)[C@H](C)Oc1ccc(S(=O)(=O)Nc2ccc(F)cc2F)cc1. The van der Waals surface area contributed by atoms with Gasteiger partial charge in [0.2, 0.25) is 0 Å². The highest BCUT2D eigenvalue weighted by molar-refractivity contribution is 7.92. The molecule has 0 bridgehead atoms. The van der Waals surface area contributed by atoms with E-state index in [0.29, 0.717) is 11.8 Å². The number of hydrogen-bond acceptors (Lipinski definition) is 4. The van der Waals surface area contributed by atoms with Crippen molar-refractivity contribution in [3.05, 3.63) is 54.1 Å². The monoisotopic (exact) mass is 370 g/mol. The molecule has 0 fully saturated rings. The van der Waals surface area contributed by atoms with E-state index in [9.17, 15) is 22.0 Å². The molecule has 1 atom stereocenters. The van der Waals surface area contributed by atoms with E-state index in [-0.39, 0.29) is 16.5 Å². The minimum absolute atomic E-state index is 0.142. The number of halogens is 2. The summed E-state index contributed by atoms with van der Waals surface area (Å²) in [6, 6.07) is 7.74. The Kier molecular flexibility index (Phi) is 5.58. The Morgan fingerprint density at radius 3 is 2.32 bits per heavy atom. The van der Waals surface area contributed by atoms with Crippen molar-refractivity contribution in [3.8, 4) is 5.75 Å². The van der Waals surface area contributed by atoms with E-state index in [2.05, 4.69) is 5.32 Å². The third-order valence-electron chi connectivity index (χ3n) is 3.24. The molecule has 0 aliphatic rings. The molecule has 0 saturated carbocycles. The largest absolute Gasteiger partial charge is 0.481 e. The summed E-state index contributed by atoms with van der Waals surface area (Å²) < 4.78 is 58.4. The van der Waals surface area contributed by atoms with Gasteiger partial charge in [-0.2, -0.15) is 0 Å². The molecule has 0 spiro atoms. The Morgan fingerprint density at radius 2 is 1.76 bits per heavy atom. The van der Waals surface area contributed by atoms with Crippen LogP contribution in [0.1, 0.15) is 6.92 Å². The smallest absolute Gasteiger partial charge is 0.261 e. The molecular weight excluding hydrogens is 354 g/mol. The first-order valence-corrected chi connectivity index (χ1v) is 8.67. The van der Waals surface area contributed by atoms with Crippen LogP contribution in [-0.4, -0.2) is 27.5 Å². The van der Waals surface area contributed by atoms with Crippen LogP contribution in [0.3, 0.4) is 0 Å². The Morgan fingerprint density at radius 1 is 1.12 bits per heavy atom. The zero-order valence-corrected chi connectivity index (χ0v) is 14.2. The number of rotatable bonds is 6. The summed E-state index contributed by atoms with van der Waals surface area (Å²) in [7, 11) is -2.59. The van der Waals surface area contributed by atoms with Crippen molar-refractivity contribution in [2.75, 3.05) is 11.8 Å². The van der Waals surface area contributed by atoms with Gasteiger partial charge in [0.15, 0.2) is 6.10 Å². The van der Waals surface area contributed by atoms with Gasteiger partial charge in [-0.1, -0.05) is 0 Å². The van der Waals surface area contributed by atoms with Gasteiger partial charge in [0.05, 0.1) is 10.6 Å². The molecule has 0 aromatic heterocycles. The van der Waals surface area contributed by atoms with Crippen LogP contribution in [0.4, 0.5) is 14.5 Å². The molecule has 134 valence electrons. The molecule has 2 aromatic carbocycles. The summed E-state index contributed by atoms with van der Waals surface area (Å²) in [5, 5.41) is 2.43. The van der Waals surface area contributed by atoms with E-state index in [1.165, 1.54) is 31.3 Å². The molecule has 0 heterocycles. The predicted molar refractivity (Wildman–Crippen MR) is 87.8 cm³/mol. The molecule has 0 radical (unpaired) electrons. The minimum atomic E-state index is -4.06. The van der Waals surface area contributed by atoms with E-state index in [1.807, 2.05) is 4.72 Å². The molecule has 2 aromatic rings. The fourth-order valence-corrected chi connectivity index (χ4v) is 3.00. The first kappa shape index (κ1) is 18.7. The molecule has 0 aliphatic heterocycles. The van der Waals surface area contributed by atoms with Crippen molar-refractivity contribution in [1.29, 1.82) is 0 Å². The maximum absolute atomic E-state index is 13.6. The second-order valence-electron chi connectivity index (χ2n) is 5.08. The Bertz CT molecular complexity index is 870. The van der Waals surface area contributed by atoms with Crippen molar-refractivity contribution in [2.45, 2.75) is 17.9 Å². The Labute approximate surface area is 143 Å². The number of benzene rings is 2. The van der Waals surface area contributed by atoms with E-state index in [4.69, 9.17) is 4.74 Å². The molecule has 2 rings (SSSR count). The van der Waals surface area contributed by atoms with Gasteiger partial charge in [0, 0.05) is 13.1 Å². The van der Waals surface area contributed by atoms with Crippen molar-refractivity contribution >= 4 is 21.6 Å². The number of likely N-dealkylation sites (N-methyl/N-ethyl adjacent to an activating group) is 1. The lowest BCUT2D eigenvalue weighted by molar-refractivity contribution is -0.126. The first-order valence-electron chi connectivity index (χ1n) is 7.19. The summed E-state index contributed by atoms with van der Waals surface area (Å²) in [6.45, 7) is 1.54. The molecule has 9 heteroatoms. The lowest BCUT2D eigenvalue weighted by Gasteiger charge is -2.14. The number of hydrogen-bond donors (Lipinski definition) is 2. The minimum Gasteiger partial charge on any atom is -0.481 e. The second kappa shape index (κ2) is 7.47. The second-order valence-corrected chi connectivity index (χ2v) is 6.76. The zero-order chi connectivity index (χ0) is 18.6. The van der Waals surface area contributed by atoms with Gasteiger partial charge in [0.1, 0.15) is 17.4 Å². The molecule has 0 aliphatic carbocycles. The van der Waals surface area contributed by atoms with Crippen LogP contribution < -0.4 is 14.8 Å². The maximum atomic E-state index is 13.6. The third kappa shape index (κ3) is 4.66. The van der Waals surface area contributed by atoms with Gasteiger partial charge in [-0.15, -0.1) is 0 Å². The fourth-order valence-electron chi connectivity index (χ4n) is 1.93. The molecule has 2 N–H and O–H groups in total. The lowest BCUT2D eigenvalue weighted by atomic mass is 10.3. The molecule has 0 unspecified atom stereocenters. The van der Waals surface area contributed by atoms with Crippen molar-refractivity contribution < 1.29 is 26.7 Å². The van der Waals surface area contributed by atoms with Crippen LogP contribution in [0.2, 0.25) is 0 Å². The number of sulfonamides is 1. The zero-order valence-electron chi connectivity index (χ0n) is 13.4. The van der Waals surface area contributed by atoms with E-state index in [1.54, 1.807) is 6.92 Å². The maximum Gasteiger partial charge on any atom is 0.261 e. The number of nitrogens with one attached hydrogen (secondary N) is 2. The number of carbonyl (C=O) groups excluding carboxylic acids is 1. The van der Waals surface area contributed by atoms with E-state index >= 15 is 0 Å². The van der Waals surface area contributed by atoms with E-state index in [0.717, 1.165) is 12.1 Å². The van der Waals surface area contributed by atoms with Crippen LogP contribution in [0.15, 0.2) is 47.4 Å². The third-order valence-corrected chi connectivity index (χ3v) is 4.62. The van der Waals surface area contributed by atoms with Crippen molar-refractivity contribution in [1.82, 2.24) is 5.32 Å². The van der Waals surface area contributed by atoms with Gasteiger partial charge < -0.3 is 10.1 Å². The Balaban J connectivity index is 2.16. The van der Waals surface area contributed by atoms with Gasteiger partial charge in [-0.25, -0.2) is 17.2 Å². The standard InChI is InChI=1S/C16H16F2N2O4S/c1-10(16(21)19-2)24-12-4-6-13(7-5-12)25(22,23)20-15-8-3-11(17)9-14(15)18/h3-10,20H,1-2H3,(H,19,21)/t10-/m0/s1. The average Bonchev–Trinajstić information content (AvgIpc) is 2.57. The fraction of sp³-hybridized carbons (Fsp3) is 0.188. The number of amides is 1. The highest BCUT2D eigenvalue weighted by Gasteiger charge is 2.18. The van der Waals surface area contributed by atoms with E-state index < -0.39 is 27.8 Å². The quantitative estimate of drug-likeness (QED) is 0.817. The lowest BCUT2D eigenvalue weighted by Crippen LogP contribution is -2.33. The van der Waals surface area contributed by atoms with Crippen LogP contribution >= 0.6 is 0 Å². The van der Waals surface area contributed by atoms with Crippen LogP contribution in [0.25, 0.3) is 0 Å². The average molecular weight is 370 g/mol.